The van der Waals surface area contributed by atoms with Crippen LogP contribution in [0.2, 0.25) is 0 Å². The van der Waals surface area contributed by atoms with Crippen LogP contribution in [0, 0.1) is 0 Å². The van der Waals surface area contributed by atoms with Gasteiger partial charge in [0.15, 0.2) is 0 Å². The van der Waals surface area contributed by atoms with Crippen molar-refractivity contribution in [3.63, 3.8) is 0 Å². The molecule has 0 saturated carbocycles. The van der Waals surface area contributed by atoms with Gasteiger partial charge in [-0.1, -0.05) is 0 Å². The maximum atomic E-state index is 11.0. The van der Waals surface area contributed by atoms with Gasteiger partial charge in [0.25, 0.3) is 0 Å². The number of nitrogens with one attached hydrogen (secondary N) is 2. The van der Waals surface area contributed by atoms with Crippen LogP contribution in [-0.2, 0) is 0 Å². The van der Waals surface area contributed by atoms with E-state index >= 15 is 0 Å². The molecule has 0 aliphatic rings. The molecule has 0 fully saturated rings. The Hall–Kier alpha value is -3.14. The standard InChI is InChI=1S/C18H12N2O2/c21-9-11-1-3-17-13(5-11)15(7-19-17)16-8-20-18-4-2-12(10-22)6-14(16)18/h1-10,19-20H. The van der Waals surface area contributed by atoms with Gasteiger partial charge >= 0.3 is 0 Å². The predicted molar refractivity (Wildman–Crippen MR) is 86.4 cm³/mol. The third-order valence-electron chi connectivity index (χ3n) is 3.97. The monoisotopic (exact) mass is 288 g/mol. The molecule has 2 aromatic heterocycles. The van der Waals surface area contributed by atoms with E-state index in [9.17, 15) is 9.59 Å². The minimum absolute atomic E-state index is 0.641. The second-order valence-electron chi connectivity index (χ2n) is 5.25. The zero-order valence-corrected chi connectivity index (χ0v) is 11.6. The van der Waals surface area contributed by atoms with Crippen molar-refractivity contribution in [1.29, 1.82) is 0 Å². The first-order valence-electron chi connectivity index (χ1n) is 6.93. The van der Waals surface area contributed by atoms with Crippen LogP contribution in [0.5, 0.6) is 0 Å². The van der Waals surface area contributed by atoms with E-state index in [0.29, 0.717) is 11.1 Å². The lowest BCUT2D eigenvalue weighted by Gasteiger charge is -2.00. The van der Waals surface area contributed by atoms with Crippen LogP contribution in [-0.4, -0.2) is 22.5 Å². The quantitative estimate of drug-likeness (QED) is 0.561. The zero-order valence-electron chi connectivity index (χ0n) is 11.6. The van der Waals surface area contributed by atoms with Gasteiger partial charge in [-0.3, -0.25) is 9.59 Å². The molecule has 4 rings (SSSR count). The Morgan fingerprint density at radius 1 is 0.682 bits per heavy atom. The average Bonchev–Trinajstić information content (AvgIpc) is 3.16. The van der Waals surface area contributed by atoms with Gasteiger partial charge in [0.1, 0.15) is 12.6 Å². The van der Waals surface area contributed by atoms with Gasteiger partial charge in [0.2, 0.25) is 0 Å². The van der Waals surface area contributed by atoms with Crippen LogP contribution in [0.15, 0.2) is 48.8 Å². The summed E-state index contributed by atoms with van der Waals surface area (Å²) in [5, 5.41) is 1.98. The van der Waals surface area contributed by atoms with Crippen molar-refractivity contribution in [3.8, 4) is 11.1 Å². The number of carbonyl (C=O) groups excluding carboxylic acids is 2. The largest absolute Gasteiger partial charge is 0.361 e. The Kier molecular flexibility index (Phi) is 2.69. The fraction of sp³-hybridized carbons (Fsp3) is 0. The molecule has 2 N–H and O–H groups in total. The molecule has 0 aliphatic heterocycles. The van der Waals surface area contributed by atoms with Crippen molar-refractivity contribution in [3.05, 3.63) is 59.9 Å². The highest BCUT2D eigenvalue weighted by atomic mass is 16.1. The van der Waals surface area contributed by atoms with Crippen LogP contribution in [0.4, 0.5) is 0 Å². The molecular weight excluding hydrogens is 276 g/mol. The van der Waals surface area contributed by atoms with Gasteiger partial charge in [-0.15, -0.1) is 0 Å². The van der Waals surface area contributed by atoms with Crippen molar-refractivity contribution < 1.29 is 9.59 Å². The number of fused-ring (bicyclic) bond motifs is 2. The maximum absolute atomic E-state index is 11.0. The number of aromatic amines is 2. The third kappa shape index (κ3) is 1.78. The highest BCUT2D eigenvalue weighted by Crippen LogP contribution is 2.34. The molecule has 0 amide bonds. The molecule has 4 heteroatoms. The molecule has 0 radical (unpaired) electrons. The first kappa shape index (κ1) is 12.6. The minimum atomic E-state index is 0.641. The number of aldehydes is 2. The normalized spacial score (nSPS) is 11.1. The number of hydrogen-bond donors (Lipinski definition) is 2. The minimum Gasteiger partial charge on any atom is -0.361 e. The average molecular weight is 288 g/mol. The first-order chi connectivity index (χ1) is 10.8. The Bertz CT molecular complexity index is 940. The van der Waals surface area contributed by atoms with Gasteiger partial charge in [-0.2, -0.15) is 0 Å². The molecule has 106 valence electrons. The van der Waals surface area contributed by atoms with Crippen molar-refractivity contribution >= 4 is 34.4 Å². The zero-order chi connectivity index (χ0) is 15.1. The Morgan fingerprint density at radius 2 is 1.14 bits per heavy atom. The summed E-state index contributed by atoms with van der Waals surface area (Å²) in [6, 6.07) is 11.1. The molecule has 4 aromatic rings. The summed E-state index contributed by atoms with van der Waals surface area (Å²) >= 11 is 0. The summed E-state index contributed by atoms with van der Waals surface area (Å²) in [5.41, 5.74) is 5.24. The van der Waals surface area contributed by atoms with E-state index in [0.717, 1.165) is 45.5 Å². The smallest absolute Gasteiger partial charge is 0.150 e. The lowest BCUT2D eigenvalue weighted by Crippen LogP contribution is -1.81. The summed E-state index contributed by atoms with van der Waals surface area (Å²) in [6.07, 6.45) is 5.54. The molecule has 22 heavy (non-hydrogen) atoms. The molecule has 0 unspecified atom stereocenters. The highest BCUT2D eigenvalue weighted by molar-refractivity contribution is 6.06. The second kappa shape index (κ2) is 4.70. The lowest BCUT2D eigenvalue weighted by atomic mass is 10.0. The van der Waals surface area contributed by atoms with Gasteiger partial charge in [-0.05, 0) is 36.4 Å². The lowest BCUT2D eigenvalue weighted by molar-refractivity contribution is 0.111. The van der Waals surface area contributed by atoms with Crippen molar-refractivity contribution in [2.24, 2.45) is 0 Å². The number of hydrogen-bond acceptors (Lipinski definition) is 2. The third-order valence-corrected chi connectivity index (χ3v) is 3.97. The Labute approximate surface area is 125 Å². The molecule has 4 nitrogen and oxygen atoms in total. The molecule has 0 spiro atoms. The first-order valence-corrected chi connectivity index (χ1v) is 6.93. The molecule has 0 atom stereocenters. The number of aromatic nitrogens is 2. The SMILES string of the molecule is O=Cc1ccc2[nH]cc(-c3c[nH]c4ccc(C=O)cc34)c2c1. The number of H-pyrrole nitrogens is 2. The predicted octanol–water partition coefficient (Wildman–Crippen LogP) is 3.94. The van der Waals surface area contributed by atoms with E-state index < -0.39 is 0 Å². The van der Waals surface area contributed by atoms with Gasteiger partial charge in [-0.25, -0.2) is 0 Å². The van der Waals surface area contributed by atoms with Crippen molar-refractivity contribution in [1.82, 2.24) is 9.97 Å². The molecule has 2 heterocycles. The topological polar surface area (TPSA) is 65.7 Å². The van der Waals surface area contributed by atoms with E-state index in [1.54, 1.807) is 12.1 Å². The highest BCUT2D eigenvalue weighted by Gasteiger charge is 2.12. The van der Waals surface area contributed by atoms with Gasteiger partial charge < -0.3 is 9.97 Å². The van der Waals surface area contributed by atoms with Crippen LogP contribution in [0.3, 0.4) is 0 Å². The summed E-state index contributed by atoms with van der Waals surface area (Å²) in [5.74, 6) is 0. The second-order valence-corrected chi connectivity index (χ2v) is 5.25. The molecule has 0 saturated heterocycles. The van der Waals surface area contributed by atoms with Crippen LogP contribution < -0.4 is 0 Å². The van der Waals surface area contributed by atoms with Gasteiger partial charge in [0.05, 0.1) is 0 Å². The van der Waals surface area contributed by atoms with Gasteiger partial charge in [0, 0.05) is 56.5 Å². The Balaban J connectivity index is 2.02. The summed E-state index contributed by atoms with van der Waals surface area (Å²) in [4.78, 5) is 28.5. The van der Waals surface area contributed by atoms with Crippen LogP contribution in [0.25, 0.3) is 32.9 Å². The molecular formula is C18H12N2O2. The summed E-state index contributed by atoms with van der Waals surface area (Å²) < 4.78 is 0. The van der Waals surface area contributed by atoms with E-state index in [1.807, 2.05) is 36.7 Å². The van der Waals surface area contributed by atoms with E-state index in [2.05, 4.69) is 9.97 Å². The maximum Gasteiger partial charge on any atom is 0.150 e. The summed E-state index contributed by atoms with van der Waals surface area (Å²) in [7, 11) is 0. The van der Waals surface area contributed by atoms with Crippen LogP contribution >= 0.6 is 0 Å². The van der Waals surface area contributed by atoms with E-state index in [1.165, 1.54) is 0 Å². The molecule has 2 aromatic carbocycles. The number of rotatable bonds is 3. The fourth-order valence-corrected chi connectivity index (χ4v) is 2.87. The van der Waals surface area contributed by atoms with Crippen molar-refractivity contribution in [2.45, 2.75) is 0 Å². The van der Waals surface area contributed by atoms with Crippen molar-refractivity contribution in [2.75, 3.05) is 0 Å². The molecule has 0 bridgehead atoms. The van der Waals surface area contributed by atoms with Crippen LogP contribution in [0.1, 0.15) is 20.7 Å². The molecule has 0 aliphatic carbocycles. The number of benzene rings is 2. The van der Waals surface area contributed by atoms with E-state index in [4.69, 9.17) is 0 Å². The van der Waals surface area contributed by atoms with E-state index in [-0.39, 0.29) is 0 Å². The summed E-state index contributed by atoms with van der Waals surface area (Å²) in [6.45, 7) is 0. The fourth-order valence-electron chi connectivity index (χ4n) is 2.87. The number of carbonyl (C=O) groups is 2. The Morgan fingerprint density at radius 3 is 1.55 bits per heavy atom.